The lowest BCUT2D eigenvalue weighted by Gasteiger charge is -2.17. The van der Waals surface area contributed by atoms with Gasteiger partial charge in [0.25, 0.3) is 0 Å². The SMILES string of the molecule is CN(C)c1cccc2c(S(=O)(=O)NCCCCC(=O)O)cccc12. The van der Waals surface area contributed by atoms with Crippen LogP contribution in [0, 0.1) is 0 Å². The van der Waals surface area contributed by atoms with E-state index in [1.54, 1.807) is 18.2 Å². The van der Waals surface area contributed by atoms with Gasteiger partial charge in [0.15, 0.2) is 0 Å². The van der Waals surface area contributed by atoms with Crippen LogP contribution in [0.3, 0.4) is 0 Å². The fraction of sp³-hybridized carbons (Fsp3) is 0.353. The molecule has 0 aliphatic heterocycles. The summed E-state index contributed by atoms with van der Waals surface area (Å²) < 4.78 is 27.7. The van der Waals surface area contributed by atoms with Crippen LogP contribution < -0.4 is 9.62 Å². The van der Waals surface area contributed by atoms with Crippen LogP contribution in [-0.4, -0.2) is 40.1 Å². The number of carbonyl (C=O) groups is 1. The van der Waals surface area contributed by atoms with Crippen LogP contribution in [0.5, 0.6) is 0 Å². The van der Waals surface area contributed by atoms with Crippen LogP contribution >= 0.6 is 0 Å². The maximum Gasteiger partial charge on any atom is 0.303 e. The number of nitrogens with one attached hydrogen (secondary N) is 1. The number of fused-ring (bicyclic) bond motifs is 1. The predicted molar refractivity (Wildman–Crippen MR) is 95.0 cm³/mol. The van der Waals surface area contributed by atoms with Gasteiger partial charge < -0.3 is 10.0 Å². The normalized spacial score (nSPS) is 11.6. The zero-order valence-corrected chi connectivity index (χ0v) is 14.6. The van der Waals surface area contributed by atoms with Gasteiger partial charge in [0.2, 0.25) is 10.0 Å². The van der Waals surface area contributed by atoms with Gasteiger partial charge in [-0.25, -0.2) is 13.1 Å². The minimum Gasteiger partial charge on any atom is -0.481 e. The summed E-state index contributed by atoms with van der Waals surface area (Å²) in [6.07, 6.45) is 0.972. The lowest BCUT2D eigenvalue weighted by molar-refractivity contribution is -0.137. The Labute approximate surface area is 142 Å². The lowest BCUT2D eigenvalue weighted by Crippen LogP contribution is -2.25. The Kier molecular flexibility index (Phi) is 5.80. The molecule has 0 bridgehead atoms. The molecular weight excluding hydrogens is 328 g/mol. The maximum atomic E-state index is 12.6. The van der Waals surface area contributed by atoms with Crippen molar-refractivity contribution in [3.8, 4) is 0 Å². The largest absolute Gasteiger partial charge is 0.481 e. The number of aliphatic carboxylic acids is 1. The van der Waals surface area contributed by atoms with Crippen molar-refractivity contribution in [3.63, 3.8) is 0 Å². The third-order valence-corrected chi connectivity index (χ3v) is 5.26. The molecule has 2 aromatic rings. The zero-order chi connectivity index (χ0) is 17.7. The molecule has 0 saturated carbocycles. The molecule has 0 heterocycles. The van der Waals surface area contributed by atoms with Crippen LogP contribution in [-0.2, 0) is 14.8 Å². The van der Waals surface area contributed by atoms with Crippen molar-refractivity contribution in [1.82, 2.24) is 4.72 Å². The van der Waals surface area contributed by atoms with Gasteiger partial charge in [0, 0.05) is 43.5 Å². The molecule has 0 radical (unpaired) electrons. The standard InChI is InChI=1S/C17H22N2O4S/c1-19(2)15-9-5-8-14-13(15)7-6-10-16(14)24(22,23)18-12-4-3-11-17(20)21/h5-10,18H,3-4,11-12H2,1-2H3,(H,20,21). The van der Waals surface area contributed by atoms with E-state index >= 15 is 0 Å². The molecule has 2 N–H and O–H groups in total. The second-order valence-corrected chi connectivity index (χ2v) is 7.51. The fourth-order valence-electron chi connectivity index (χ4n) is 2.57. The van der Waals surface area contributed by atoms with E-state index in [1.807, 2.05) is 37.2 Å². The van der Waals surface area contributed by atoms with Crippen LogP contribution in [0.25, 0.3) is 10.8 Å². The highest BCUT2D eigenvalue weighted by molar-refractivity contribution is 7.89. The molecule has 0 atom stereocenters. The molecule has 0 aliphatic carbocycles. The Bertz CT molecular complexity index is 832. The van der Waals surface area contributed by atoms with E-state index in [0.717, 1.165) is 11.1 Å². The number of benzene rings is 2. The van der Waals surface area contributed by atoms with Crippen LogP contribution in [0.4, 0.5) is 5.69 Å². The average molecular weight is 350 g/mol. The van der Waals surface area contributed by atoms with E-state index in [9.17, 15) is 13.2 Å². The third kappa shape index (κ3) is 4.24. The number of carboxylic acid groups (broad SMARTS) is 1. The van der Waals surface area contributed by atoms with Gasteiger partial charge in [-0.3, -0.25) is 4.79 Å². The smallest absolute Gasteiger partial charge is 0.303 e. The first-order valence-electron chi connectivity index (χ1n) is 7.73. The molecule has 0 unspecified atom stereocenters. The Hall–Kier alpha value is -2.12. The number of nitrogens with zero attached hydrogens (tertiary/aromatic N) is 1. The number of hydrogen-bond acceptors (Lipinski definition) is 4. The number of sulfonamides is 1. The Morgan fingerprint density at radius 2 is 1.75 bits per heavy atom. The number of hydrogen-bond donors (Lipinski definition) is 2. The molecule has 0 fully saturated rings. The van der Waals surface area contributed by atoms with E-state index in [0.29, 0.717) is 18.2 Å². The first kappa shape index (κ1) is 18.2. The molecule has 2 aromatic carbocycles. The van der Waals surface area contributed by atoms with Crippen molar-refractivity contribution in [3.05, 3.63) is 36.4 Å². The monoisotopic (exact) mass is 350 g/mol. The average Bonchev–Trinajstić information content (AvgIpc) is 2.52. The summed E-state index contributed by atoms with van der Waals surface area (Å²) in [4.78, 5) is 12.7. The Morgan fingerprint density at radius 1 is 1.08 bits per heavy atom. The Balaban J connectivity index is 2.24. The Morgan fingerprint density at radius 3 is 2.42 bits per heavy atom. The van der Waals surface area contributed by atoms with Crippen molar-refractivity contribution in [2.75, 3.05) is 25.5 Å². The van der Waals surface area contributed by atoms with E-state index in [2.05, 4.69) is 4.72 Å². The van der Waals surface area contributed by atoms with Crippen molar-refractivity contribution in [2.24, 2.45) is 0 Å². The first-order valence-corrected chi connectivity index (χ1v) is 9.22. The molecule has 0 amide bonds. The summed E-state index contributed by atoms with van der Waals surface area (Å²) in [5.74, 6) is -0.872. The lowest BCUT2D eigenvalue weighted by atomic mass is 10.1. The van der Waals surface area contributed by atoms with E-state index < -0.39 is 16.0 Å². The summed E-state index contributed by atoms with van der Waals surface area (Å²) in [7, 11) is 0.181. The van der Waals surface area contributed by atoms with E-state index in [1.165, 1.54) is 0 Å². The van der Waals surface area contributed by atoms with Gasteiger partial charge in [-0.15, -0.1) is 0 Å². The van der Waals surface area contributed by atoms with Gasteiger partial charge in [-0.05, 0) is 25.0 Å². The molecule has 130 valence electrons. The zero-order valence-electron chi connectivity index (χ0n) is 13.8. The highest BCUT2D eigenvalue weighted by atomic mass is 32.2. The number of rotatable bonds is 8. The van der Waals surface area contributed by atoms with Crippen molar-refractivity contribution in [1.29, 1.82) is 0 Å². The number of carboxylic acids is 1. The van der Waals surface area contributed by atoms with Crippen molar-refractivity contribution < 1.29 is 18.3 Å². The van der Waals surface area contributed by atoms with Gasteiger partial charge in [0.1, 0.15) is 0 Å². The van der Waals surface area contributed by atoms with Crippen molar-refractivity contribution >= 4 is 32.5 Å². The van der Waals surface area contributed by atoms with E-state index in [4.69, 9.17) is 5.11 Å². The number of anilines is 1. The topological polar surface area (TPSA) is 86.7 Å². The minimum atomic E-state index is -3.65. The van der Waals surface area contributed by atoms with Crippen molar-refractivity contribution in [2.45, 2.75) is 24.2 Å². The maximum absolute atomic E-state index is 12.6. The fourth-order valence-corrected chi connectivity index (χ4v) is 3.87. The van der Waals surface area contributed by atoms with Crippen LogP contribution in [0.15, 0.2) is 41.3 Å². The summed E-state index contributed by atoms with van der Waals surface area (Å²) in [6, 6.07) is 10.8. The summed E-state index contributed by atoms with van der Waals surface area (Å²) in [5.41, 5.74) is 0.950. The predicted octanol–water partition coefficient (Wildman–Crippen LogP) is 2.44. The molecule has 0 spiro atoms. The molecule has 24 heavy (non-hydrogen) atoms. The summed E-state index contributed by atoms with van der Waals surface area (Å²) >= 11 is 0. The van der Waals surface area contributed by atoms with Crippen LogP contribution in [0.2, 0.25) is 0 Å². The highest BCUT2D eigenvalue weighted by Crippen LogP contribution is 2.30. The molecule has 6 nitrogen and oxygen atoms in total. The van der Waals surface area contributed by atoms with Crippen LogP contribution in [0.1, 0.15) is 19.3 Å². The quantitative estimate of drug-likeness (QED) is 0.714. The molecule has 7 heteroatoms. The molecule has 0 aliphatic rings. The second kappa shape index (κ2) is 7.63. The third-order valence-electron chi connectivity index (χ3n) is 3.74. The van der Waals surface area contributed by atoms with Gasteiger partial charge in [-0.2, -0.15) is 0 Å². The molecule has 0 aromatic heterocycles. The number of unbranched alkanes of at least 4 members (excludes halogenated alkanes) is 1. The summed E-state index contributed by atoms with van der Waals surface area (Å²) in [5, 5.41) is 10.1. The van der Waals surface area contributed by atoms with Gasteiger partial charge >= 0.3 is 5.97 Å². The van der Waals surface area contributed by atoms with Gasteiger partial charge in [-0.1, -0.05) is 24.3 Å². The first-order chi connectivity index (χ1) is 11.3. The minimum absolute atomic E-state index is 0.0438. The summed E-state index contributed by atoms with van der Waals surface area (Å²) in [6.45, 7) is 0.222. The highest BCUT2D eigenvalue weighted by Gasteiger charge is 2.17. The molecule has 0 saturated heterocycles. The van der Waals surface area contributed by atoms with E-state index in [-0.39, 0.29) is 17.9 Å². The van der Waals surface area contributed by atoms with Gasteiger partial charge in [0.05, 0.1) is 4.90 Å². The molecular formula is C17H22N2O4S. The molecule has 2 rings (SSSR count). The second-order valence-electron chi connectivity index (χ2n) is 5.77.